The third-order valence-corrected chi connectivity index (χ3v) is 3.86. The number of hydrogen-bond acceptors (Lipinski definition) is 3. The summed E-state index contributed by atoms with van der Waals surface area (Å²) in [5, 5.41) is 13.3. The fourth-order valence-corrected chi connectivity index (χ4v) is 2.77. The van der Waals surface area contributed by atoms with E-state index in [0.717, 1.165) is 23.2 Å². The molecule has 4 heteroatoms. The van der Waals surface area contributed by atoms with Gasteiger partial charge in [-0.15, -0.1) is 0 Å². The van der Waals surface area contributed by atoms with Crippen LogP contribution in [0.5, 0.6) is 5.75 Å². The van der Waals surface area contributed by atoms with Crippen LogP contribution in [0.3, 0.4) is 0 Å². The topological polar surface area (TPSA) is 52.6 Å². The fourth-order valence-electron chi connectivity index (χ4n) is 2.77. The number of carbonyl (C=O) groups excluding carboxylic acids is 1. The number of benzene rings is 1. The van der Waals surface area contributed by atoms with Gasteiger partial charge >= 0.3 is 0 Å². The molecule has 0 spiro atoms. The fraction of sp³-hybridized carbons (Fsp3) is 0.632. The number of likely N-dealkylation sites (N-methyl/N-ethyl adjacent to an activating group) is 1. The molecule has 1 rings (SSSR count). The van der Waals surface area contributed by atoms with Gasteiger partial charge in [0.1, 0.15) is 5.75 Å². The molecule has 0 saturated carbocycles. The van der Waals surface area contributed by atoms with Crippen LogP contribution in [0.1, 0.15) is 50.8 Å². The molecule has 1 unspecified atom stereocenters. The van der Waals surface area contributed by atoms with Crippen molar-refractivity contribution in [2.45, 2.75) is 58.9 Å². The predicted octanol–water partition coefficient (Wildman–Crippen LogP) is 3.00. The Labute approximate surface area is 140 Å². The van der Waals surface area contributed by atoms with Crippen molar-refractivity contribution in [2.75, 3.05) is 20.6 Å². The van der Waals surface area contributed by atoms with Crippen molar-refractivity contribution in [1.29, 1.82) is 0 Å². The Balaban J connectivity index is 2.72. The average molecular weight is 320 g/mol. The highest BCUT2D eigenvalue weighted by Gasteiger charge is 2.20. The first-order valence-corrected chi connectivity index (χ1v) is 8.27. The summed E-state index contributed by atoms with van der Waals surface area (Å²) in [6.07, 6.45) is 1.15. The van der Waals surface area contributed by atoms with Crippen LogP contribution in [-0.4, -0.2) is 42.6 Å². The molecule has 1 aromatic rings. The Morgan fingerprint density at radius 3 is 2.43 bits per heavy atom. The van der Waals surface area contributed by atoms with E-state index in [1.165, 1.54) is 0 Å². The third-order valence-electron chi connectivity index (χ3n) is 3.86. The summed E-state index contributed by atoms with van der Waals surface area (Å²) in [6, 6.07) is 4.14. The number of amides is 1. The molecule has 0 fully saturated rings. The lowest BCUT2D eigenvalue weighted by atomic mass is 9.83. The van der Waals surface area contributed by atoms with Gasteiger partial charge in [0.25, 0.3) is 0 Å². The highest BCUT2D eigenvalue weighted by atomic mass is 16.3. The second-order valence-corrected chi connectivity index (χ2v) is 7.79. The minimum Gasteiger partial charge on any atom is -0.507 e. The molecule has 0 saturated heterocycles. The van der Waals surface area contributed by atoms with Crippen molar-refractivity contribution < 1.29 is 9.90 Å². The smallest absolute Gasteiger partial charge is 0.220 e. The third kappa shape index (κ3) is 6.22. The monoisotopic (exact) mass is 320 g/mol. The quantitative estimate of drug-likeness (QED) is 0.847. The van der Waals surface area contributed by atoms with Crippen molar-refractivity contribution in [3.63, 3.8) is 0 Å². The molecule has 130 valence electrons. The molecule has 0 aliphatic heterocycles. The van der Waals surface area contributed by atoms with E-state index >= 15 is 0 Å². The van der Waals surface area contributed by atoms with Crippen molar-refractivity contribution in [3.05, 3.63) is 28.8 Å². The Bertz CT molecular complexity index is 545. The van der Waals surface area contributed by atoms with Crippen molar-refractivity contribution in [3.8, 4) is 5.75 Å². The van der Waals surface area contributed by atoms with Crippen LogP contribution in [0.15, 0.2) is 12.1 Å². The zero-order valence-corrected chi connectivity index (χ0v) is 15.7. The summed E-state index contributed by atoms with van der Waals surface area (Å²) in [4.78, 5) is 14.1. The van der Waals surface area contributed by atoms with Gasteiger partial charge in [-0.3, -0.25) is 4.79 Å². The maximum Gasteiger partial charge on any atom is 0.220 e. The number of nitrogens with zero attached hydrogens (tertiary/aromatic N) is 1. The summed E-state index contributed by atoms with van der Waals surface area (Å²) in [6.45, 7) is 11.0. The molecule has 23 heavy (non-hydrogen) atoms. The lowest BCUT2D eigenvalue weighted by Crippen LogP contribution is -2.39. The summed E-state index contributed by atoms with van der Waals surface area (Å²) in [5.74, 6) is 0.438. The zero-order chi connectivity index (χ0) is 17.8. The molecule has 0 aliphatic carbocycles. The Morgan fingerprint density at radius 1 is 1.30 bits per heavy atom. The highest BCUT2D eigenvalue weighted by molar-refractivity contribution is 5.76. The van der Waals surface area contributed by atoms with E-state index in [1.54, 1.807) is 0 Å². The normalized spacial score (nSPS) is 13.2. The highest BCUT2D eigenvalue weighted by Crippen LogP contribution is 2.34. The first kappa shape index (κ1) is 19.5. The van der Waals surface area contributed by atoms with Gasteiger partial charge in [-0.05, 0) is 56.5 Å². The van der Waals surface area contributed by atoms with E-state index in [1.807, 2.05) is 40.1 Å². The molecule has 2 N–H and O–H groups in total. The van der Waals surface area contributed by atoms with Gasteiger partial charge in [0.05, 0.1) is 0 Å². The number of carbonyl (C=O) groups is 1. The Hall–Kier alpha value is -1.55. The Morgan fingerprint density at radius 2 is 1.91 bits per heavy atom. The molecule has 4 nitrogen and oxygen atoms in total. The lowest BCUT2D eigenvalue weighted by molar-refractivity contribution is -0.121. The van der Waals surface area contributed by atoms with Gasteiger partial charge in [0.15, 0.2) is 0 Å². The zero-order valence-electron chi connectivity index (χ0n) is 15.7. The van der Waals surface area contributed by atoms with Gasteiger partial charge in [0, 0.05) is 19.0 Å². The molecule has 1 atom stereocenters. The average Bonchev–Trinajstić information content (AvgIpc) is 2.37. The van der Waals surface area contributed by atoms with Crippen LogP contribution in [0, 0.1) is 6.92 Å². The predicted molar refractivity (Wildman–Crippen MR) is 96.0 cm³/mol. The Kier molecular flexibility index (Phi) is 6.63. The van der Waals surface area contributed by atoms with Gasteiger partial charge in [-0.25, -0.2) is 0 Å². The van der Waals surface area contributed by atoms with E-state index in [-0.39, 0.29) is 17.4 Å². The minimum atomic E-state index is -0.118. The number of aromatic hydroxyl groups is 1. The molecule has 0 aliphatic rings. The number of phenols is 1. The molecule has 0 heterocycles. The standard InChI is InChI=1S/C19H32N2O2/c1-13-10-15(11-16(18(13)23)19(3,4)5)8-9-17(22)20-14(2)12-21(6)7/h10-11,14,23H,8-9,12H2,1-7H3,(H,20,22). The molecule has 1 aromatic carbocycles. The van der Waals surface area contributed by atoms with Gasteiger partial charge < -0.3 is 15.3 Å². The molecule has 1 amide bonds. The van der Waals surface area contributed by atoms with Crippen molar-refractivity contribution >= 4 is 5.91 Å². The van der Waals surface area contributed by atoms with E-state index in [2.05, 4.69) is 31.0 Å². The van der Waals surface area contributed by atoms with Crippen LogP contribution in [0.2, 0.25) is 0 Å². The first-order valence-electron chi connectivity index (χ1n) is 8.27. The lowest BCUT2D eigenvalue weighted by Gasteiger charge is -2.23. The number of aryl methyl sites for hydroxylation is 2. The first-order chi connectivity index (χ1) is 10.5. The van der Waals surface area contributed by atoms with Gasteiger partial charge in [-0.1, -0.05) is 32.9 Å². The van der Waals surface area contributed by atoms with Gasteiger partial charge in [-0.2, -0.15) is 0 Å². The van der Waals surface area contributed by atoms with E-state index < -0.39 is 0 Å². The van der Waals surface area contributed by atoms with Crippen LogP contribution in [0.4, 0.5) is 0 Å². The largest absolute Gasteiger partial charge is 0.507 e. The summed E-state index contributed by atoms with van der Waals surface area (Å²) in [7, 11) is 3.99. The van der Waals surface area contributed by atoms with Crippen LogP contribution < -0.4 is 5.32 Å². The number of phenolic OH excluding ortho intramolecular Hbond substituents is 1. The minimum absolute atomic E-state index is 0.0717. The van der Waals surface area contributed by atoms with Crippen LogP contribution >= 0.6 is 0 Å². The summed E-state index contributed by atoms with van der Waals surface area (Å²) < 4.78 is 0. The maximum absolute atomic E-state index is 12.1. The summed E-state index contributed by atoms with van der Waals surface area (Å²) in [5.41, 5.74) is 2.79. The van der Waals surface area contributed by atoms with Gasteiger partial charge in [0.2, 0.25) is 5.91 Å². The number of hydrogen-bond donors (Lipinski definition) is 2. The molecule has 0 aromatic heterocycles. The maximum atomic E-state index is 12.1. The molecular weight excluding hydrogens is 288 g/mol. The second kappa shape index (κ2) is 7.82. The number of nitrogens with one attached hydrogen (secondary N) is 1. The molecular formula is C19H32N2O2. The summed E-state index contributed by atoms with van der Waals surface area (Å²) >= 11 is 0. The molecule has 0 bridgehead atoms. The van der Waals surface area contributed by atoms with Crippen LogP contribution in [0.25, 0.3) is 0 Å². The molecule has 0 radical (unpaired) electrons. The second-order valence-electron chi connectivity index (χ2n) is 7.79. The van der Waals surface area contributed by atoms with E-state index in [9.17, 15) is 9.90 Å². The number of rotatable bonds is 6. The van der Waals surface area contributed by atoms with E-state index in [4.69, 9.17) is 0 Å². The van der Waals surface area contributed by atoms with Crippen molar-refractivity contribution in [1.82, 2.24) is 10.2 Å². The van der Waals surface area contributed by atoms with Crippen LogP contribution in [-0.2, 0) is 16.6 Å². The van der Waals surface area contributed by atoms with E-state index in [0.29, 0.717) is 18.6 Å². The van der Waals surface area contributed by atoms with Crippen molar-refractivity contribution in [2.24, 2.45) is 0 Å². The SMILES string of the molecule is Cc1cc(CCC(=O)NC(C)CN(C)C)cc(C(C)(C)C)c1O.